The lowest BCUT2D eigenvalue weighted by Crippen LogP contribution is -2.36. The van der Waals surface area contributed by atoms with Gasteiger partial charge in [-0.3, -0.25) is 9.59 Å². The number of aryl methyl sites for hydroxylation is 1. The summed E-state index contributed by atoms with van der Waals surface area (Å²) in [6.45, 7) is 2.87. The zero-order chi connectivity index (χ0) is 24.4. The van der Waals surface area contributed by atoms with E-state index in [9.17, 15) is 14.7 Å². The molecule has 2 fully saturated rings. The van der Waals surface area contributed by atoms with Gasteiger partial charge in [0, 0.05) is 18.7 Å². The van der Waals surface area contributed by atoms with Crippen LogP contribution in [-0.2, 0) is 14.3 Å². The normalized spacial score (nSPS) is 21.5. The number of likely N-dealkylation sites (tertiary alicyclic amines) is 1. The van der Waals surface area contributed by atoms with Crippen LogP contribution in [0.25, 0.3) is 5.76 Å². The number of benzene rings is 3. The topological polar surface area (TPSA) is 76.1 Å². The second-order valence-corrected chi connectivity index (χ2v) is 8.94. The number of rotatable bonds is 6. The lowest BCUT2D eigenvalue weighted by Gasteiger charge is -2.27. The van der Waals surface area contributed by atoms with Crippen molar-refractivity contribution in [3.63, 3.8) is 0 Å². The Morgan fingerprint density at radius 3 is 2.46 bits per heavy atom. The van der Waals surface area contributed by atoms with Gasteiger partial charge in [-0.2, -0.15) is 0 Å². The molecule has 178 valence electrons. The summed E-state index contributed by atoms with van der Waals surface area (Å²) in [5.41, 5.74) is 2.29. The number of Topliss-reactive ketones (excluding diaryl/α,β-unsaturated/α-hetero) is 1. The summed E-state index contributed by atoms with van der Waals surface area (Å²) in [6, 6.07) is 23.2. The largest absolute Gasteiger partial charge is 0.507 e. The summed E-state index contributed by atoms with van der Waals surface area (Å²) in [7, 11) is 0. The molecule has 0 spiro atoms. The van der Waals surface area contributed by atoms with Crippen LogP contribution in [0.2, 0.25) is 0 Å². The van der Waals surface area contributed by atoms with Crippen LogP contribution in [0, 0.1) is 6.92 Å². The lowest BCUT2D eigenvalue weighted by atomic mass is 9.94. The van der Waals surface area contributed by atoms with E-state index in [1.54, 1.807) is 12.1 Å². The van der Waals surface area contributed by atoms with Crippen molar-refractivity contribution in [1.82, 2.24) is 4.90 Å². The molecule has 0 aliphatic carbocycles. The van der Waals surface area contributed by atoms with E-state index in [-0.39, 0.29) is 24.0 Å². The molecule has 2 aliphatic rings. The predicted octanol–water partition coefficient (Wildman–Crippen LogP) is 5.39. The van der Waals surface area contributed by atoms with E-state index in [2.05, 4.69) is 0 Å². The minimum atomic E-state index is -0.750. The number of aliphatic hydroxyl groups is 1. The number of nitrogens with zero attached hydrogens (tertiary/aromatic N) is 1. The molecule has 3 aromatic rings. The van der Waals surface area contributed by atoms with Gasteiger partial charge in [0.25, 0.3) is 11.7 Å². The van der Waals surface area contributed by atoms with Crippen molar-refractivity contribution in [2.24, 2.45) is 0 Å². The van der Waals surface area contributed by atoms with Crippen LogP contribution >= 0.6 is 0 Å². The number of para-hydroxylation sites is 1. The first-order chi connectivity index (χ1) is 17.0. The molecule has 1 amide bonds. The second kappa shape index (κ2) is 9.76. The highest BCUT2D eigenvalue weighted by Gasteiger charge is 2.47. The van der Waals surface area contributed by atoms with E-state index in [1.165, 1.54) is 4.90 Å². The van der Waals surface area contributed by atoms with Gasteiger partial charge in [-0.15, -0.1) is 0 Å². The van der Waals surface area contributed by atoms with Gasteiger partial charge in [0.2, 0.25) is 0 Å². The van der Waals surface area contributed by atoms with E-state index in [0.717, 1.165) is 18.4 Å². The van der Waals surface area contributed by atoms with Crippen molar-refractivity contribution in [2.75, 3.05) is 13.2 Å². The molecule has 0 bridgehead atoms. The van der Waals surface area contributed by atoms with Crippen LogP contribution in [0.1, 0.15) is 35.6 Å². The number of carbonyl (C=O) groups excluding carboxylic acids is 2. The minimum Gasteiger partial charge on any atom is -0.507 e. The molecular weight excluding hydrogens is 442 g/mol. The minimum absolute atomic E-state index is 0.0775. The van der Waals surface area contributed by atoms with Gasteiger partial charge in [0.1, 0.15) is 17.3 Å². The smallest absolute Gasteiger partial charge is 0.295 e. The Hall–Kier alpha value is -3.90. The van der Waals surface area contributed by atoms with Gasteiger partial charge >= 0.3 is 0 Å². The monoisotopic (exact) mass is 469 g/mol. The quantitative estimate of drug-likeness (QED) is 0.298. The third kappa shape index (κ3) is 4.70. The average molecular weight is 470 g/mol. The lowest BCUT2D eigenvalue weighted by molar-refractivity contribution is -0.140. The predicted molar refractivity (Wildman–Crippen MR) is 132 cm³/mol. The second-order valence-electron chi connectivity index (χ2n) is 8.94. The van der Waals surface area contributed by atoms with Gasteiger partial charge in [-0.25, -0.2) is 0 Å². The first-order valence-corrected chi connectivity index (χ1v) is 11.8. The van der Waals surface area contributed by atoms with Crippen LogP contribution in [0.3, 0.4) is 0 Å². The molecule has 6 nitrogen and oxygen atoms in total. The summed E-state index contributed by atoms with van der Waals surface area (Å²) >= 11 is 0. The Labute approximate surface area is 204 Å². The molecule has 2 atom stereocenters. The number of amides is 1. The van der Waals surface area contributed by atoms with Gasteiger partial charge in [-0.1, -0.05) is 60.2 Å². The maximum atomic E-state index is 13.2. The van der Waals surface area contributed by atoms with Crippen LogP contribution in [0.4, 0.5) is 0 Å². The summed E-state index contributed by atoms with van der Waals surface area (Å²) in [6.07, 6.45) is 1.60. The molecule has 2 aliphatic heterocycles. The van der Waals surface area contributed by atoms with Gasteiger partial charge in [-0.05, 0) is 49.6 Å². The Morgan fingerprint density at radius 2 is 1.74 bits per heavy atom. The molecule has 0 aromatic heterocycles. The third-order valence-electron chi connectivity index (χ3n) is 6.44. The Morgan fingerprint density at radius 1 is 1.00 bits per heavy atom. The molecule has 35 heavy (non-hydrogen) atoms. The van der Waals surface area contributed by atoms with Crippen LogP contribution in [-0.4, -0.2) is 41.0 Å². The molecule has 1 N–H and O–H groups in total. The fourth-order valence-corrected chi connectivity index (χ4v) is 4.66. The number of ketones is 1. The first kappa shape index (κ1) is 22.9. The van der Waals surface area contributed by atoms with Crippen molar-refractivity contribution in [3.05, 3.63) is 101 Å². The SMILES string of the molecule is Cc1ccc(C(O)=C2C(=O)C(=O)N(C[C@@H]3CCCO3)[C@H]2c2cccc(Oc3ccccc3)c2)cc1. The Balaban J connectivity index is 1.58. The molecule has 0 radical (unpaired) electrons. The molecule has 5 rings (SSSR count). The molecule has 0 saturated carbocycles. The fourth-order valence-electron chi connectivity index (χ4n) is 4.66. The number of hydrogen-bond donors (Lipinski definition) is 1. The highest BCUT2D eigenvalue weighted by molar-refractivity contribution is 6.46. The fraction of sp³-hybridized carbons (Fsp3) is 0.241. The van der Waals surface area contributed by atoms with Gasteiger partial charge in [0.05, 0.1) is 17.7 Å². The molecule has 2 saturated heterocycles. The van der Waals surface area contributed by atoms with Crippen LogP contribution in [0.5, 0.6) is 11.5 Å². The van der Waals surface area contributed by atoms with E-state index in [0.29, 0.717) is 29.2 Å². The zero-order valence-corrected chi connectivity index (χ0v) is 19.5. The first-order valence-electron chi connectivity index (χ1n) is 11.8. The standard InChI is InChI=1S/C29H27NO5/c1-19-12-14-20(15-13-19)27(31)25-26(30(29(33)28(25)32)18-24-11-6-16-34-24)21-7-5-10-23(17-21)35-22-8-3-2-4-9-22/h2-5,7-10,12-15,17,24,26,31H,6,11,16,18H2,1H3/t24-,26-/m0/s1. The average Bonchev–Trinajstić information content (AvgIpc) is 3.47. The van der Waals surface area contributed by atoms with Crippen molar-refractivity contribution in [1.29, 1.82) is 0 Å². The maximum absolute atomic E-state index is 13.2. The van der Waals surface area contributed by atoms with E-state index in [4.69, 9.17) is 9.47 Å². The van der Waals surface area contributed by atoms with E-state index in [1.807, 2.05) is 73.7 Å². The summed E-state index contributed by atoms with van der Waals surface area (Å²) in [4.78, 5) is 28.0. The maximum Gasteiger partial charge on any atom is 0.295 e. The zero-order valence-electron chi connectivity index (χ0n) is 19.5. The Kier molecular flexibility index (Phi) is 6.38. The third-order valence-corrected chi connectivity index (χ3v) is 6.44. The van der Waals surface area contributed by atoms with Gasteiger partial charge in [0.15, 0.2) is 0 Å². The number of hydrogen-bond acceptors (Lipinski definition) is 5. The molecule has 2 heterocycles. The number of carbonyl (C=O) groups is 2. The highest BCUT2D eigenvalue weighted by Crippen LogP contribution is 2.41. The summed E-state index contributed by atoms with van der Waals surface area (Å²) in [5.74, 6) is -0.254. The van der Waals surface area contributed by atoms with Crippen molar-refractivity contribution in [3.8, 4) is 11.5 Å². The Bertz CT molecular complexity index is 1260. The van der Waals surface area contributed by atoms with Crippen molar-refractivity contribution >= 4 is 17.4 Å². The summed E-state index contributed by atoms with van der Waals surface area (Å²) < 4.78 is 11.8. The molecule has 0 unspecified atom stereocenters. The van der Waals surface area contributed by atoms with Crippen LogP contribution in [0.15, 0.2) is 84.4 Å². The number of ether oxygens (including phenoxy) is 2. The summed E-state index contributed by atoms with van der Waals surface area (Å²) in [5, 5.41) is 11.2. The van der Waals surface area contributed by atoms with E-state index >= 15 is 0 Å². The highest BCUT2D eigenvalue weighted by atomic mass is 16.5. The molecule has 6 heteroatoms. The molecule has 3 aromatic carbocycles. The van der Waals surface area contributed by atoms with E-state index < -0.39 is 17.7 Å². The van der Waals surface area contributed by atoms with Crippen LogP contribution < -0.4 is 4.74 Å². The van der Waals surface area contributed by atoms with Gasteiger partial charge < -0.3 is 19.5 Å². The van der Waals surface area contributed by atoms with Crippen molar-refractivity contribution in [2.45, 2.75) is 31.9 Å². The van der Waals surface area contributed by atoms with Crippen molar-refractivity contribution < 1.29 is 24.2 Å². The molecular formula is C29H27NO5. The number of aliphatic hydroxyl groups excluding tert-OH is 1.